The van der Waals surface area contributed by atoms with E-state index in [1.807, 2.05) is 35.2 Å². The Labute approximate surface area is 149 Å². The zero-order valence-corrected chi connectivity index (χ0v) is 14.8. The number of thiazole rings is 1. The fourth-order valence-electron chi connectivity index (χ4n) is 2.99. The van der Waals surface area contributed by atoms with Crippen molar-refractivity contribution in [1.29, 1.82) is 0 Å². The number of nitrogens with one attached hydrogen (secondary N) is 2. The molecule has 0 radical (unpaired) electrons. The van der Waals surface area contributed by atoms with Crippen molar-refractivity contribution >= 4 is 39.2 Å². The van der Waals surface area contributed by atoms with Crippen molar-refractivity contribution in [3.8, 4) is 0 Å². The maximum absolute atomic E-state index is 12.1. The maximum Gasteiger partial charge on any atom is 0.319 e. The summed E-state index contributed by atoms with van der Waals surface area (Å²) in [6.45, 7) is 2.58. The minimum absolute atomic E-state index is 0.244. The van der Waals surface area contributed by atoms with Crippen LogP contribution in [0.3, 0.4) is 0 Å². The van der Waals surface area contributed by atoms with Gasteiger partial charge in [-0.25, -0.2) is 14.8 Å². The molecule has 0 aliphatic carbocycles. The van der Waals surface area contributed by atoms with Crippen LogP contribution in [0.5, 0.6) is 0 Å². The van der Waals surface area contributed by atoms with Gasteiger partial charge in [-0.3, -0.25) is 0 Å². The number of aromatic nitrogens is 3. The summed E-state index contributed by atoms with van der Waals surface area (Å²) in [6, 6.07) is 5.44. The molecule has 1 aliphatic heterocycles. The number of benzene rings is 1. The first-order valence-electron chi connectivity index (χ1n) is 8.34. The average molecular weight is 356 g/mol. The molecule has 2 aromatic heterocycles. The van der Waals surface area contributed by atoms with E-state index < -0.39 is 0 Å². The summed E-state index contributed by atoms with van der Waals surface area (Å²) >= 11 is 1.64. The summed E-state index contributed by atoms with van der Waals surface area (Å²) in [6.07, 6.45) is 4.22. The fourth-order valence-corrected chi connectivity index (χ4v) is 3.87. The van der Waals surface area contributed by atoms with Gasteiger partial charge in [0.2, 0.25) is 0 Å². The largest absolute Gasteiger partial charge is 0.348 e. The summed E-state index contributed by atoms with van der Waals surface area (Å²) < 4.78 is 1.94. The smallest absolute Gasteiger partial charge is 0.319 e. The number of nitrogens with zero attached hydrogens (tertiary/aromatic N) is 4. The van der Waals surface area contributed by atoms with Crippen molar-refractivity contribution in [3.63, 3.8) is 0 Å². The Morgan fingerprint density at radius 2 is 2.16 bits per heavy atom. The Bertz CT molecular complexity index is 896. The van der Waals surface area contributed by atoms with E-state index in [0.717, 1.165) is 40.6 Å². The Balaban J connectivity index is 1.33. The van der Waals surface area contributed by atoms with Crippen LogP contribution in [-0.2, 0) is 13.6 Å². The van der Waals surface area contributed by atoms with E-state index >= 15 is 0 Å². The van der Waals surface area contributed by atoms with Crippen molar-refractivity contribution in [1.82, 2.24) is 19.9 Å². The molecule has 0 saturated carbocycles. The Hall–Kier alpha value is -2.61. The molecular weight excluding hydrogens is 336 g/mol. The molecule has 3 aromatic rings. The molecule has 1 saturated heterocycles. The number of hydrogen-bond donors (Lipinski definition) is 2. The highest BCUT2D eigenvalue weighted by molar-refractivity contribution is 7.13. The zero-order chi connectivity index (χ0) is 17.2. The molecule has 0 unspecified atom stereocenters. The SMILES string of the molecule is Cn1cnc2cc(NC(=O)NCc3csc(N4CCCC4)n3)ccc21. The molecule has 0 spiro atoms. The van der Waals surface area contributed by atoms with Gasteiger partial charge in [-0.2, -0.15) is 0 Å². The van der Waals surface area contributed by atoms with Gasteiger partial charge in [-0.05, 0) is 31.0 Å². The van der Waals surface area contributed by atoms with Gasteiger partial charge < -0.3 is 20.1 Å². The minimum atomic E-state index is -0.244. The van der Waals surface area contributed by atoms with Gasteiger partial charge in [-0.1, -0.05) is 0 Å². The molecule has 0 atom stereocenters. The third kappa shape index (κ3) is 3.43. The molecule has 2 amide bonds. The van der Waals surface area contributed by atoms with Gasteiger partial charge in [0.1, 0.15) is 0 Å². The molecule has 4 rings (SSSR count). The average Bonchev–Trinajstić information content (AvgIpc) is 3.34. The Kier molecular flexibility index (Phi) is 4.27. The van der Waals surface area contributed by atoms with Crippen LogP contribution in [0, 0.1) is 0 Å². The molecular formula is C17H20N6OS. The maximum atomic E-state index is 12.1. The highest BCUT2D eigenvalue weighted by Crippen LogP contribution is 2.24. The summed E-state index contributed by atoms with van der Waals surface area (Å²) in [7, 11) is 1.94. The van der Waals surface area contributed by atoms with Gasteiger partial charge in [0.15, 0.2) is 5.13 Å². The quantitative estimate of drug-likeness (QED) is 0.754. The lowest BCUT2D eigenvalue weighted by atomic mass is 10.3. The van der Waals surface area contributed by atoms with Crippen LogP contribution in [0.2, 0.25) is 0 Å². The van der Waals surface area contributed by atoms with Crippen LogP contribution in [0.1, 0.15) is 18.5 Å². The standard InChI is InChI=1S/C17H20N6OS/c1-22-11-19-14-8-12(4-5-15(14)22)20-16(24)18-9-13-10-25-17(21-13)23-6-2-3-7-23/h4-5,8,10-11H,2-3,6-7,9H2,1H3,(H2,18,20,24). The highest BCUT2D eigenvalue weighted by Gasteiger charge is 2.15. The molecule has 1 aromatic carbocycles. The minimum Gasteiger partial charge on any atom is -0.348 e. The van der Waals surface area contributed by atoms with Crippen LogP contribution < -0.4 is 15.5 Å². The number of carbonyl (C=O) groups is 1. The zero-order valence-electron chi connectivity index (χ0n) is 14.0. The molecule has 3 heterocycles. The number of rotatable bonds is 4. The summed E-state index contributed by atoms with van der Waals surface area (Å²) in [5.74, 6) is 0. The molecule has 0 bridgehead atoms. The van der Waals surface area contributed by atoms with Crippen LogP contribution in [0.4, 0.5) is 15.6 Å². The van der Waals surface area contributed by atoms with Gasteiger partial charge in [0.25, 0.3) is 0 Å². The van der Waals surface area contributed by atoms with Crippen LogP contribution in [-0.4, -0.2) is 33.7 Å². The third-order valence-corrected chi connectivity index (χ3v) is 5.28. The molecule has 1 aliphatic rings. The third-order valence-electron chi connectivity index (χ3n) is 4.33. The second kappa shape index (κ2) is 6.72. The van der Waals surface area contributed by atoms with E-state index in [2.05, 4.69) is 25.5 Å². The van der Waals surface area contributed by atoms with Crippen LogP contribution in [0.15, 0.2) is 29.9 Å². The van der Waals surface area contributed by atoms with Crippen molar-refractivity contribution < 1.29 is 4.79 Å². The molecule has 7 nitrogen and oxygen atoms in total. The predicted molar refractivity (Wildman–Crippen MR) is 100 cm³/mol. The molecule has 25 heavy (non-hydrogen) atoms. The van der Waals surface area contributed by atoms with Crippen molar-refractivity contribution in [3.05, 3.63) is 35.6 Å². The highest BCUT2D eigenvalue weighted by atomic mass is 32.1. The topological polar surface area (TPSA) is 75.1 Å². The van der Waals surface area contributed by atoms with Crippen LogP contribution >= 0.6 is 11.3 Å². The monoisotopic (exact) mass is 356 g/mol. The molecule has 8 heteroatoms. The fraction of sp³-hybridized carbons (Fsp3) is 0.353. The van der Waals surface area contributed by atoms with E-state index in [9.17, 15) is 4.79 Å². The van der Waals surface area contributed by atoms with Gasteiger partial charge in [0.05, 0.1) is 29.6 Å². The first-order chi connectivity index (χ1) is 12.2. The normalized spacial score (nSPS) is 14.2. The Morgan fingerprint density at radius 3 is 3.00 bits per heavy atom. The van der Waals surface area contributed by atoms with Crippen molar-refractivity contribution in [2.45, 2.75) is 19.4 Å². The summed E-state index contributed by atoms with van der Waals surface area (Å²) in [4.78, 5) is 23.3. The van der Waals surface area contributed by atoms with E-state index in [4.69, 9.17) is 0 Å². The predicted octanol–water partition coefficient (Wildman–Crippen LogP) is 2.95. The second-order valence-corrected chi connectivity index (χ2v) is 7.02. The van der Waals surface area contributed by atoms with Gasteiger partial charge in [0, 0.05) is 31.2 Å². The lowest BCUT2D eigenvalue weighted by Crippen LogP contribution is -2.28. The first-order valence-corrected chi connectivity index (χ1v) is 9.22. The van der Waals surface area contributed by atoms with E-state index in [0.29, 0.717) is 6.54 Å². The Morgan fingerprint density at radius 1 is 1.32 bits per heavy atom. The molecule has 130 valence electrons. The van der Waals surface area contributed by atoms with Crippen molar-refractivity contribution in [2.75, 3.05) is 23.3 Å². The number of amides is 2. The van der Waals surface area contributed by atoms with Gasteiger partial charge in [-0.15, -0.1) is 11.3 Å². The number of imidazole rings is 1. The lowest BCUT2D eigenvalue weighted by Gasteiger charge is -2.12. The first kappa shape index (κ1) is 15.9. The van der Waals surface area contributed by atoms with Crippen LogP contribution in [0.25, 0.3) is 11.0 Å². The number of fused-ring (bicyclic) bond motifs is 1. The van der Waals surface area contributed by atoms with Crippen molar-refractivity contribution in [2.24, 2.45) is 7.05 Å². The number of aryl methyl sites for hydroxylation is 1. The molecule has 2 N–H and O–H groups in total. The number of urea groups is 1. The summed E-state index contributed by atoms with van der Waals surface area (Å²) in [5, 5.41) is 8.76. The van der Waals surface area contributed by atoms with E-state index in [1.54, 1.807) is 17.7 Å². The number of anilines is 2. The second-order valence-electron chi connectivity index (χ2n) is 6.18. The number of carbonyl (C=O) groups excluding carboxylic acids is 1. The summed E-state index contributed by atoms with van der Waals surface area (Å²) in [5.41, 5.74) is 3.50. The van der Waals surface area contributed by atoms with E-state index in [1.165, 1.54) is 12.8 Å². The van der Waals surface area contributed by atoms with E-state index in [-0.39, 0.29) is 6.03 Å². The van der Waals surface area contributed by atoms with Gasteiger partial charge >= 0.3 is 6.03 Å². The number of hydrogen-bond acceptors (Lipinski definition) is 5. The lowest BCUT2D eigenvalue weighted by molar-refractivity contribution is 0.251. The molecule has 1 fully saturated rings.